The molecule has 1 fully saturated rings. The van der Waals surface area contributed by atoms with E-state index in [-0.39, 0.29) is 12.1 Å². The van der Waals surface area contributed by atoms with E-state index in [4.69, 9.17) is 0 Å². The molecule has 1 aliphatic rings. The van der Waals surface area contributed by atoms with E-state index in [9.17, 15) is 18.0 Å². The molecule has 1 aromatic rings. The van der Waals surface area contributed by atoms with E-state index in [0.717, 1.165) is 19.2 Å². The van der Waals surface area contributed by atoms with Gasteiger partial charge in [-0.05, 0) is 6.07 Å². The Hall–Kier alpha value is -1.40. The lowest BCUT2D eigenvalue weighted by Gasteiger charge is -2.26. The molecule has 0 spiro atoms. The molecule has 0 saturated carbocycles. The number of carbonyl (C=O) groups excluding carboxylic acids is 1. The fourth-order valence-electron chi connectivity index (χ4n) is 2.13. The topological polar surface area (TPSA) is 32.3 Å². The number of carbonyl (C=O) groups is 1. The zero-order valence-electron chi connectivity index (χ0n) is 10.3. The van der Waals surface area contributed by atoms with Crippen LogP contribution in [0.1, 0.15) is 15.9 Å². The summed E-state index contributed by atoms with van der Waals surface area (Å²) >= 11 is 0. The molecule has 0 atom stereocenters. The highest BCUT2D eigenvalue weighted by atomic mass is 19.4. The van der Waals surface area contributed by atoms with Crippen LogP contribution >= 0.6 is 0 Å². The maximum Gasteiger partial charge on any atom is 0.417 e. The minimum Gasteiger partial charge on any atom is -0.314 e. The number of ketones is 1. The van der Waals surface area contributed by atoms with Gasteiger partial charge in [0.15, 0.2) is 5.78 Å². The first-order chi connectivity index (χ1) is 8.98. The lowest BCUT2D eigenvalue weighted by molar-refractivity contribution is -0.137. The summed E-state index contributed by atoms with van der Waals surface area (Å²) in [5, 5.41) is 3.13. The van der Waals surface area contributed by atoms with Crippen LogP contribution < -0.4 is 5.32 Å². The average Bonchev–Trinajstić information content (AvgIpc) is 2.39. The van der Waals surface area contributed by atoms with Crippen LogP contribution in [-0.2, 0) is 6.18 Å². The van der Waals surface area contributed by atoms with Crippen molar-refractivity contribution in [1.82, 2.24) is 10.2 Å². The van der Waals surface area contributed by atoms with Gasteiger partial charge in [-0.25, -0.2) is 0 Å². The van der Waals surface area contributed by atoms with Crippen molar-refractivity contribution in [2.75, 3.05) is 32.7 Å². The highest BCUT2D eigenvalue weighted by Gasteiger charge is 2.34. The Balaban J connectivity index is 2.14. The third-order valence-corrected chi connectivity index (χ3v) is 3.11. The Morgan fingerprint density at radius 2 is 1.84 bits per heavy atom. The van der Waals surface area contributed by atoms with Crippen LogP contribution in [-0.4, -0.2) is 43.4 Å². The molecule has 0 aliphatic carbocycles. The Bertz CT molecular complexity index is 453. The molecule has 0 unspecified atom stereocenters. The zero-order valence-corrected chi connectivity index (χ0v) is 10.3. The number of hydrogen-bond acceptors (Lipinski definition) is 3. The van der Waals surface area contributed by atoms with Crippen molar-refractivity contribution in [3.8, 4) is 0 Å². The van der Waals surface area contributed by atoms with E-state index in [1.807, 2.05) is 4.90 Å². The standard InChI is InChI=1S/C13H15F3N2O/c14-13(15,16)11-4-2-1-3-10(11)12(19)9-18-7-5-17-6-8-18/h1-4,17H,5-9H2. The maximum atomic E-state index is 12.8. The number of nitrogens with one attached hydrogen (secondary N) is 1. The third kappa shape index (κ3) is 3.54. The first-order valence-corrected chi connectivity index (χ1v) is 6.11. The first-order valence-electron chi connectivity index (χ1n) is 6.11. The first kappa shape index (κ1) is 14.0. The molecule has 0 bridgehead atoms. The fourth-order valence-corrected chi connectivity index (χ4v) is 2.13. The highest BCUT2D eigenvalue weighted by Crippen LogP contribution is 2.32. The number of hydrogen-bond donors (Lipinski definition) is 1. The maximum absolute atomic E-state index is 12.8. The third-order valence-electron chi connectivity index (χ3n) is 3.11. The van der Waals surface area contributed by atoms with Crippen LogP contribution in [0.15, 0.2) is 24.3 Å². The average molecular weight is 272 g/mol. The molecule has 0 amide bonds. The van der Waals surface area contributed by atoms with Crippen molar-refractivity contribution in [1.29, 1.82) is 0 Å². The summed E-state index contributed by atoms with van der Waals surface area (Å²) < 4.78 is 38.4. The molecule has 0 radical (unpaired) electrons. The molecule has 1 aliphatic heterocycles. The van der Waals surface area contributed by atoms with Crippen molar-refractivity contribution in [3.63, 3.8) is 0 Å². The van der Waals surface area contributed by atoms with E-state index in [1.165, 1.54) is 18.2 Å². The predicted octanol–water partition coefficient (Wildman–Crippen LogP) is 1.79. The molecule has 1 heterocycles. The van der Waals surface area contributed by atoms with E-state index >= 15 is 0 Å². The SMILES string of the molecule is O=C(CN1CCNCC1)c1ccccc1C(F)(F)F. The van der Waals surface area contributed by atoms with Crippen molar-refractivity contribution in [2.45, 2.75) is 6.18 Å². The van der Waals surface area contributed by atoms with Crippen LogP contribution in [0.25, 0.3) is 0 Å². The van der Waals surface area contributed by atoms with Gasteiger partial charge in [0.05, 0.1) is 12.1 Å². The van der Waals surface area contributed by atoms with Crippen molar-refractivity contribution < 1.29 is 18.0 Å². The molecular formula is C13H15F3N2O. The van der Waals surface area contributed by atoms with Crippen LogP contribution in [0.3, 0.4) is 0 Å². The van der Waals surface area contributed by atoms with Gasteiger partial charge in [0.1, 0.15) is 0 Å². The second kappa shape index (κ2) is 5.71. The second-order valence-corrected chi connectivity index (χ2v) is 4.49. The number of piperazine rings is 1. The lowest BCUT2D eigenvalue weighted by Crippen LogP contribution is -2.45. The van der Waals surface area contributed by atoms with Crippen molar-refractivity contribution in [3.05, 3.63) is 35.4 Å². The van der Waals surface area contributed by atoms with Crippen molar-refractivity contribution in [2.24, 2.45) is 0 Å². The van der Waals surface area contributed by atoms with Gasteiger partial charge in [-0.3, -0.25) is 9.69 Å². The molecule has 1 N–H and O–H groups in total. The normalized spacial score (nSPS) is 17.4. The number of rotatable bonds is 3. The minimum absolute atomic E-state index is 0.0365. The summed E-state index contributed by atoms with van der Waals surface area (Å²) in [5.74, 6) is -0.477. The van der Waals surface area contributed by atoms with Gasteiger partial charge in [0.2, 0.25) is 0 Å². The van der Waals surface area contributed by atoms with Crippen LogP contribution in [0.2, 0.25) is 0 Å². The molecular weight excluding hydrogens is 257 g/mol. The van der Waals surface area contributed by atoms with Gasteiger partial charge in [-0.2, -0.15) is 13.2 Å². The molecule has 3 nitrogen and oxygen atoms in total. The van der Waals surface area contributed by atoms with Gasteiger partial charge >= 0.3 is 6.18 Å². The molecule has 1 saturated heterocycles. The van der Waals surface area contributed by atoms with E-state index in [1.54, 1.807) is 0 Å². The van der Waals surface area contributed by atoms with Gasteiger partial charge in [0, 0.05) is 31.7 Å². The molecule has 2 rings (SSSR count). The number of benzene rings is 1. The molecule has 104 valence electrons. The Morgan fingerprint density at radius 1 is 1.21 bits per heavy atom. The second-order valence-electron chi connectivity index (χ2n) is 4.49. The van der Waals surface area contributed by atoms with Crippen LogP contribution in [0, 0.1) is 0 Å². The lowest BCUT2D eigenvalue weighted by atomic mass is 10.0. The van der Waals surface area contributed by atoms with E-state index in [0.29, 0.717) is 13.1 Å². The zero-order chi connectivity index (χ0) is 13.9. The number of alkyl halides is 3. The Morgan fingerprint density at radius 3 is 2.47 bits per heavy atom. The molecule has 19 heavy (non-hydrogen) atoms. The van der Waals surface area contributed by atoms with Gasteiger partial charge in [0.25, 0.3) is 0 Å². The molecule has 0 aromatic heterocycles. The number of nitrogens with zero attached hydrogens (tertiary/aromatic N) is 1. The molecule has 6 heteroatoms. The predicted molar refractivity (Wildman–Crippen MR) is 65.1 cm³/mol. The largest absolute Gasteiger partial charge is 0.417 e. The smallest absolute Gasteiger partial charge is 0.314 e. The number of halogens is 3. The summed E-state index contributed by atoms with van der Waals surface area (Å²) in [7, 11) is 0. The quantitative estimate of drug-likeness (QED) is 0.851. The summed E-state index contributed by atoms with van der Waals surface area (Å²) in [5.41, 5.74) is -1.09. The summed E-state index contributed by atoms with van der Waals surface area (Å²) in [6.07, 6.45) is -4.49. The molecule has 1 aromatic carbocycles. The van der Waals surface area contributed by atoms with Gasteiger partial charge in [-0.1, -0.05) is 18.2 Å². The van der Waals surface area contributed by atoms with Crippen LogP contribution in [0.5, 0.6) is 0 Å². The van der Waals surface area contributed by atoms with Gasteiger partial charge < -0.3 is 5.32 Å². The fraction of sp³-hybridized carbons (Fsp3) is 0.462. The van der Waals surface area contributed by atoms with E-state index < -0.39 is 17.5 Å². The van der Waals surface area contributed by atoms with E-state index in [2.05, 4.69) is 5.32 Å². The number of Topliss-reactive ketones (excluding diaryl/α,β-unsaturated/α-hetero) is 1. The summed E-state index contributed by atoms with van der Waals surface area (Å²) in [4.78, 5) is 13.9. The van der Waals surface area contributed by atoms with Crippen LogP contribution in [0.4, 0.5) is 13.2 Å². The Labute approximate surface area is 109 Å². The Kier molecular flexibility index (Phi) is 4.21. The van der Waals surface area contributed by atoms with Crippen molar-refractivity contribution >= 4 is 5.78 Å². The summed E-state index contributed by atoms with van der Waals surface area (Å²) in [6, 6.07) is 4.95. The van der Waals surface area contributed by atoms with Gasteiger partial charge in [-0.15, -0.1) is 0 Å². The monoisotopic (exact) mass is 272 g/mol. The highest BCUT2D eigenvalue weighted by molar-refractivity contribution is 5.99. The summed E-state index contributed by atoms with van der Waals surface area (Å²) in [6.45, 7) is 2.91. The minimum atomic E-state index is -4.49.